The van der Waals surface area contributed by atoms with Crippen molar-refractivity contribution in [2.24, 2.45) is 0 Å². The molecule has 4 heteroatoms. The van der Waals surface area contributed by atoms with Crippen molar-refractivity contribution in [2.75, 3.05) is 24.3 Å². The van der Waals surface area contributed by atoms with Gasteiger partial charge >= 0.3 is 0 Å². The second-order valence-corrected chi connectivity index (χ2v) is 5.25. The van der Waals surface area contributed by atoms with E-state index in [1.54, 1.807) is 7.11 Å². The van der Waals surface area contributed by atoms with Crippen LogP contribution in [0.15, 0.2) is 42.5 Å². The Kier molecular flexibility index (Phi) is 5.42. The quantitative estimate of drug-likeness (QED) is 0.854. The van der Waals surface area contributed by atoms with Gasteiger partial charge in [-0.25, -0.2) is 0 Å². The summed E-state index contributed by atoms with van der Waals surface area (Å²) in [6.45, 7) is 4.77. The molecule has 0 aliphatic rings. The third kappa shape index (κ3) is 4.52. The van der Waals surface area contributed by atoms with Crippen LogP contribution in [0.1, 0.15) is 17.5 Å². The molecule has 0 aliphatic carbocycles. The first-order chi connectivity index (χ1) is 10.6. The van der Waals surface area contributed by atoms with Gasteiger partial charge in [-0.05, 0) is 61.4 Å². The molecule has 2 aromatic carbocycles. The van der Waals surface area contributed by atoms with Crippen LogP contribution in [0.25, 0.3) is 0 Å². The fourth-order valence-electron chi connectivity index (χ4n) is 2.07. The molecule has 0 aromatic heterocycles. The number of carbonyl (C=O) groups excluding carboxylic acids is 1. The molecular weight excluding hydrogens is 276 g/mol. The maximum atomic E-state index is 11.9. The third-order valence-corrected chi connectivity index (χ3v) is 3.56. The monoisotopic (exact) mass is 298 g/mol. The van der Waals surface area contributed by atoms with Gasteiger partial charge in [-0.3, -0.25) is 4.79 Å². The van der Waals surface area contributed by atoms with E-state index in [-0.39, 0.29) is 5.91 Å². The predicted octanol–water partition coefficient (Wildman–Crippen LogP) is 3.75. The molecule has 4 nitrogen and oxygen atoms in total. The second kappa shape index (κ2) is 7.50. The maximum absolute atomic E-state index is 11.9. The number of benzene rings is 2. The van der Waals surface area contributed by atoms with Gasteiger partial charge in [-0.15, -0.1) is 0 Å². The molecule has 0 bridgehead atoms. The van der Waals surface area contributed by atoms with Crippen molar-refractivity contribution >= 4 is 17.3 Å². The Labute approximate surface area is 131 Å². The lowest BCUT2D eigenvalue weighted by Gasteiger charge is -2.09. The molecule has 0 atom stereocenters. The van der Waals surface area contributed by atoms with E-state index in [4.69, 9.17) is 4.74 Å². The highest BCUT2D eigenvalue weighted by Crippen LogP contribution is 2.16. The lowest BCUT2D eigenvalue weighted by Crippen LogP contribution is -2.16. The number of aryl methyl sites for hydroxylation is 2. The molecule has 1 amide bonds. The molecule has 2 rings (SSSR count). The van der Waals surface area contributed by atoms with E-state index in [9.17, 15) is 4.79 Å². The van der Waals surface area contributed by atoms with E-state index in [0.717, 1.165) is 17.1 Å². The van der Waals surface area contributed by atoms with Gasteiger partial charge in [-0.1, -0.05) is 6.07 Å². The molecule has 2 aromatic rings. The molecule has 0 radical (unpaired) electrons. The van der Waals surface area contributed by atoms with Crippen molar-refractivity contribution < 1.29 is 9.53 Å². The van der Waals surface area contributed by atoms with Crippen molar-refractivity contribution in [3.63, 3.8) is 0 Å². The Hall–Kier alpha value is -2.49. The van der Waals surface area contributed by atoms with Gasteiger partial charge < -0.3 is 15.4 Å². The van der Waals surface area contributed by atoms with Gasteiger partial charge in [-0.2, -0.15) is 0 Å². The zero-order chi connectivity index (χ0) is 15.9. The number of rotatable bonds is 6. The normalized spacial score (nSPS) is 10.1. The molecular formula is C18H22N2O2. The van der Waals surface area contributed by atoms with Gasteiger partial charge in [0.15, 0.2) is 0 Å². The Morgan fingerprint density at radius 1 is 1.00 bits per heavy atom. The predicted molar refractivity (Wildman–Crippen MR) is 90.6 cm³/mol. The smallest absolute Gasteiger partial charge is 0.226 e. The van der Waals surface area contributed by atoms with Crippen molar-refractivity contribution in [2.45, 2.75) is 20.3 Å². The van der Waals surface area contributed by atoms with Crippen LogP contribution in [-0.2, 0) is 4.79 Å². The van der Waals surface area contributed by atoms with Gasteiger partial charge in [0, 0.05) is 24.3 Å². The summed E-state index contributed by atoms with van der Waals surface area (Å²) < 4.78 is 5.08. The molecule has 0 aliphatic heterocycles. The van der Waals surface area contributed by atoms with Crippen LogP contribution in [0.4, 0.5) is 11.4 Å². The van der Waals surface area contributed by atoms with Gasteiger partial charge in [0.2, 0.25) is 5.91 Å². The third-order valence-electron chi connectivity index (χ3n) is 3.56. The van der Waals surface area contributed by atoms with Gasteiger partial charge in [0.1, 0.15) is 5.75 Å². The minimum absolute atomic E-state index is 0.0125. The maximum Gasteiger partial charge on any atom is 0.226 e. The Balaban J connectivity index is 1.78. The van der Waals surface area contributed by atoms with Crippen LogP contribution in [0, 0.1) is 13.8 Å². The number of methoxy groups -OCH3 is 1. The molecule has 0 saturated carbocycles. The molecule has 0 saturated heterocycles. The molecule has 116 valence electrons. The highest BCUT2D eigenvalue weighted by molar-refractivity contribution is 5.91. The van der Waals surface area contributed by atoms with E-state index < -0.39 is 0 Å². The largest absolute Gasteiger partial charge is 0.497 e. The number of nitrogens with one attached hydrogen (secondary N) is 2. The summed E-state index contributed by atoms with van der Waals surface area (Å²) >= 11 is 0. The van der Waals surface area contributed by atoms with E-state index in [1.807, 2.05) is 30.3 Å². The standard InChI is InChI=1S/C18H22N2O2/c1-13-4-5-16(12-14(13)2)19-11-10-18(21)20-15-6-8-17(22-3)9-7-15/h4-9,12,19H,10-11H2,1-3H3,(H,20,21). The summed E-state index contributed by atoms with van der Waals surface area (Å²) in [4.78, 5) is 11.9. The van der Waals surface area contributed by atoms with Crippen LogP contribution in [0.3, 0.4) is 0 Å². The summed E-state index contributed by atoms with van der Waals surface area (Å²) in [5.41, 5.74) is 4.33. The molecule has 2 N–H and O–H groups in total. The number of amides is 1. The summed E-state index contributed by atoms with van der Waals surface area (Å²) in [6, 6.07) is 13.5. The van der Waals surface area contributed by atoms with Crippen LogP contribution < -0.4 is 15.4 Å². The van der Waals surface area contributed by atoms with E-state index >= 15 is 0 Å². The molecule has 0 heterocycles. The van der Waals surface area contributed by atoms with E-state index in [1.165, 1.54) is 11.1 Å². The SMILES string of the molecule is COc1ccc(NC(=O)CCNc2ccc(C)c(C)c2)cc1. The summed E-state index contributed by atoms with van der Waals surface area (Å²) in [7, 11) is 1.62. The Morgan fingerprint density at radius 3 is 2.32 bits per heavy atom. The molecule has 0 unspecified atom stereocenters. The second-order valence-electron chi connectivity index (χ2n) is 5.25. The van der Waals surface area contributed by atoms with Crippen molar-refractivity contribution in [1.29, 1.82) is 0 Å². The van der Waals surface area contributed by atoms with Crippen LogP contribution >= 0.6 is 0 Å². The first-order valence-corrected chi connectivity index (χ1v) is 7.33. The Bertz CT molecular complexity index is 636. The summed E-state index contributed by atoms with van der Waals surface area (Å²) in [5, 5.41) is 6.13. The van der Waals surface area contributed by atoms with Crippen LogP contribution in [0.5, 0.6) is 5.75 Å². The van der Waals surface area contributed by atoms with Crippen molar-refractivity contribution in [3.8, 4) is 5.75 Å². The lowest BCUT2D eigenvalue weighted by atomic mass is 10.1. The zero-order valence-corrected chi connectivity index (χ0v) is 13.3. The number of carbonyl (C=O) groups is 1. The topological polar surface area (TPSA) is 50.4 Å². The highest BCUT2D eigenvalue weighted by atomic mass is 16.5. The first kappa shape index (κ1) is 15.9. The lowest BCUT2D eigenvalue weighted by molar-refractivity contribution is -0.115. The number of hydrogen-bond acceptors (Lipinski definition) is 3. The van der Waals surface area contributed by atoms with Gasteiger partial charge in [0.25, 0.3) is 0 Å². The average Bonchev–Trinajstić information content (AvgIpc) is 2.51. The minimum atomic E-state index is -0.0125. The van der Waals surface area contributed by atoms with Crippen molar-refractivity contribution in [3.05, 3.63) is 53.6 Å². The highest BCUT2D eigenvalue weighted by Gasteiger charge is 2.03. The number of hydrogen-bond donors (Lipinski definition) is 2. The molecule has 0 fully saturated rings. The van der Waals surface area contributed by atoms with Crippen LogP contribution in [0.2, 0.25) is 0 Å². The van der Waals surface area contributed by atoms with E-state index in [0.29, 0.717) is 13.0 Å². The zero-order valence-electron chi connectivity index (χ0n) is 13.3. The fraction of sp³-hybridized carbons (Fsp3) is 0.278. The molecule has 22 heavy (non-hydrogen) atoms. The fourth-order valence-corrected chi connectivity index (χ4v) is 2.07. The molecule has 0 spiro atoms. The number of anilines is 2. The van der Waals surface area contributed by atoms with Gasteiger partial charge in [0.05, 0.1) is 7.11 Å². The summed E-state index contributed by atoms with van der Waals surface area (Å²) in [6.07, 6.45) is 0.416. The average molecular weight is 298 g/mol. The first-order valence-electron chi connectivity index (χ1n) is 7.33. The number of ether oxygens (including phenoxy) is 1. The summed E-state index contributed by atoms with van der Waals surface area (Å²) in [5.74, 6) is 0.760. The van der Waals surface area contributed by atoms with E-state index in [2.05, 4.69) is 36.6 Å². The minimum Gasteiger partial charge on any atom is -0.497 e. The van der Waals surface area contributed by atoms with Crippen LogP contribution in [-0.4, -0.2) is 19.6 Å². The van der Waals surface area contributed by atoms with Crippen molar-refractivity contribution in [1.82, 2.24) is 0 Å². The Morgan fingerprint density at radius 2 is 1.68 bits per heavy atom.